The van der Waals surface area contributed by atoms with E-state index < -0.39 is 64.5 Å². The number of aliphatic hydroxyl groups is 2. The molecule has 1 heterocycles. The van der Waals surface area contributed by atoms with Gasteiger partial charge in [-0.25, -0.2) is 22.2 Å². The molecule has 7 nitrogen and oxygen atoms in total. The second-order valence-electron chi connectivity index (χ2n) is 10.7. The van der Waals surface area contributed by atoms with Gasteiger partial charge in [0.1, 0.15) is 30.3 Å². The van der Waals surface area contributed by atoms with Gasteiger partial charge in [0, 0.05) is 17.0 Å². The highest BCUT2D eigenvalue weighted by Gasteiger charge is 2.82. The molecule has 3 aliphatic carbocycles. The van der Waals surface area contributed by atoms with Crippen LogP contribution in [-0.2, 0) is 17.6 Å². The van der Waals surface area contributed by atoms with E-state index in [1.54, 1.807) is 12.1 Å². The van der Waals surface area contributed by atoms with Crippen LogP contribution in [0, 0.1) is 17.0 Å². The molecule has 3 aromatic rings. The van der Waals surface area contributed by atoms with Crippen molar-refractivity contribution in [3.05, 3.63) is 71.6 Å². The zero-order valence-corrected chi connectivity index (χ0v) is 20.4. The van der Waals surface area contributed by atoms with Gasteiger partial charge in [0.25, 0.3) is 5.92 Å². The largest absolute Gasteiger partial charge is 0.490 e. The van der Waals surface area contributed by atoms with Gasteiger partial charge in [-0.15, -0.1) is 5.10 Å². The molecule has 0 radical (unpaired) electrons. The van der Waals surface area contributed by atoms with E-state index in [9.17, 15) is 32.2 Å². The zero-order chi connectivity index (χ0) is 28.5. The second kappa shape index (κ2) is 8.62. The van der Waals surface area contributed by atoms with Crippen molar-refractivity contribution in [2.45, 2.75) is 61.4 Å². The summed E-state index contributed by atoms with van der Waals surface area (Å²) in [6, 6.07) is 7.83. The van der Waals surface area contributed by atoms with Crippen LogP contribution in [0.2, 0.25) is 0 Å². The number of tetrazole rings is 1. The molecule has 1 aromatic heterocycles. The molecule has 2 atom stereocenters. The van der Waals surface area contributed by atoms with Crippen molar-refractivity contribution in [3.8, 4) is 5.75 Å². The lowest BCUT2D eigenvalue weighted by molar-refractivity contribution is -0.347. The van der Waals surface area contributed by atoms with Crippen LogP contribution < -0.4 is 4.74 Å². The number of ether oxygens (including phenoxy) is 1. The number of nitrogens with zero attached hydrogens (tertiary/aromatic N) is 4. The molecular weight excluding hydrogens is 537 g/mol. The Morgan fingerprint density at radius 1 is 0.974 bits per heavy atom. The summed E-state index contributed by atoms with van der Waals surface area (Å²) in [5, 5.41) is 31.2. The van der Waals surface area contributed by atoms with Crippen molar-refractivity contribution in [2.75, 3.05) is 6.61 Å². The first-order valence-electron chi connectivity index (χ1n) is 11.8. The highest BCUT2D eigenvalue weighted by Crippen LogP contribution is 2.80. The third-order valence-electron chi connectivity index (χ3n) is 7.97. The quantitative estimate of drug-likeness (QED) is 0.380. The Bertz CT molecular complexity index is 1340. The molecular formula is C25H23F7N4O3. The SMILES string of the molecule is C[C@@](O)(COc1ccc(C23CC(C(F)(F)[C@@](O)(Cn4cnnn4)c4ccc(F)cc4F)(C2)C3)cc1)C(F)(F)F. The fraction of sp³-hybridized carbons (Fsp3) is 0.480. The first-order valence-corrected chi connectivity index (χ1v) is 11.8. The first kappa shape index (κ1) is 27.3. The number of hydrogen-bond donors (Lipinski definition) is 2. The van der Waals surface area contributed by atoms with Crippen molar-refractivity contribution in [1.29, 1.82) is 0 Å². The van der Waals surface area contributed by atoms with Gasteiger partial charge < -0.3 is 14.9 Å². The Kier molecular flexibility index (Phi) is 6.04. The summed E-state index contributed by atoms with van der Waals surface area (Å²) < 4.78 is 105. The van der Waals surface area contributed by atoms with Gasteiger partial charge in [0.2, 0.25) is 0 Å². The number of alkyl halides is 5. The smallest absolute Gasteiger partial charge is 0.420 e. The summed E-state index contributed by atoms with van der Waals surface area (Å²) in [5.41, 5.74) is -8.68. The van der Waals surface area contributed by atoms with Gasteiger partial charge in [0.05, 0.1) is 6.54 Å². The summed E-state index contributed by atoms with van der Waals surface area (Å²) in [4.78, 5) is 0. The highest BCUT2D eigenvalue weighted by atomic mass is 19.4. The van der Waals surface area contributed by atoms with Gasteiger partial charge >= 0.3 is 6.18 Å². The number of benzene rings is 2. The van der Waals surface area contributed by atoms with Crippen LogP contribution in [0.1, 0.15) is 37.3 Å². The summed E-state index contributed by atoms with van der Waals surface area (Å²) >= 11 is 0. The number of rotatable bonds is 9. The van der Waals surface area contributed by atoms with Crippen LogP contribution in [0.15, 0.2) is 48.8 Å². The lowest BCUT2D eigenvalue weighted by atomic mass is 9.30. The van der Waals surface area contributed by atoms with Gasteiger partial charge in [-0.1, -0.05) is 12.1 Å². The molecule has 3 saturated carbocycles. The monoisotopic (exact) mass is 560 g/mol. The summed E-state index contributed by atoms with van der Waals surface area (Å²) in [6.45, 7) is -1.34. The zero-order valence-electron chi connectivity index (χ0n) is 20.4. The molecule has 0 unspecified atom stereocenters. The van der Waals surface area contributed by atoms with Crippen molar-refractivity contribution in [1.82, 2.24) is 20.2 Å². The third kappa shape index (κ3) is 4.15. The fourth-order valence-electron chi connectivity index (χ4n) is 5.74. The van der Waals surface area contributed by atoms with Crippen LogP contribution >= 0.6 is 0 Å². The van der Waals surface area contributed by atoms with E-state index in [1.807, 2.05) is 0 Å². The summed E-state index contributed by atoms with van der Waals surface area (Å²) in [7, 11) is 0. The molecule has 14 heteroatoms. The first-order chi connectivity index (χ1) is 18.0. The van der Waals surface area contributed by atoms with E-state index in [0.717, 1.165) is 23.1 Å². The summed E-state index contributed by atoms with van der Waals surface area (Å²) in [5.74, 6) is -6.18. The predicted molar refractivity (Wildman–Crippen MR) is 120 cm³/mol. The molecule has 39 heavy (non-hydrogen) atoms. The second-order valence-corrected chi connectivity index (χ2v) is 10.7. The number of aromatic nitrogens is 4. The van der Waals surface area contributed by atoms with E-state index in [0.29, 0.717) is 18.6 Å². The van der Waals surface area contributed by atoms with Crippen molar-refractivity contribution < 1.29 is 45.7 Å². The standard InChI is InChI=1S/C25H23F7N4O3/c1-20(37,25(30,31)32)13-39-17-5-2-15(3-6-17)21-9-22(10-21,11-21)24(28,29)23(38,12-36-14-33-34-35-36)18-7-4-16(26)8-19(18)27/h2-8,14,37-38H,9-13H2,1H3/t20-,21?,22?,23-/m1/s1. The average molecular weight is 560 g/mol. The lowest BCUT2D eigenvalue weighted by Crippen LogP contribution is -2.76. The maximum atomic E-state index is 16.2. The minimum absolute atomic E-state index is 0.0533. The van der Waals surface area contributed by atoms with Crippen molar-refractivity contribution in [2.24, 2.45) is 5.41 Å². The van der Waals surface area contributed by atoms with E-state index in [-0.39, 0.29) is 25.0 Å². The molecule has 3 aliphatic rings. The molecule has 0 saturated heterocycles. The van der Waals surface area contributed by atoms with Gasteiger partial charge in [-0.05, 0) is 71.9 Å². The normalized spacial score (nSPS) is 25.7. The Hall–Kier alpha value is -3.26. The number of hydrogen-bond acceptors (Lipinski definition) is 6. The Balaban J connectivity index is 1.35. The van der Waals surface area contributed by atoms with Crippen LogP contribution in [0.3, 0.4) is 0 Å². The van der Waals surface area contributed by atoms with Crippen molar-refractivity contribution >= 4 is 0 Å². The lowest BCUT2D eigenvalue weighted by Gasteiger charge is -2.74. The Labute approximate surface area is 217 Å². The molecule has 2 aromatic carbocycles. The average Bonchev–Trinajstić information content (AvgIpc) is 3.28. The van der Waals surface area contributed by atoms with E-state index in [2.05, 4.69) is 15.5 Å². The van der Waals surface area contributed by atoms with Gasteiger partial charge in [0.15, 0.2) is 11.2 Å². The molecule has 210 valence electrons. The minimum atomic E-state index is -4.89. The van der Waals surface area contributed by atoms with Crippen LogP contribution in [-0.4, -0.2) is 54.7 Å². The van der Waals surface area contributed by atoms with Crippen LogP contribution in [0.25, 0.3) is 0 Å². The minimum Gasteiger partial charge on any atom is -0.490 e. The molecule has 2 bridgehead atoms. The maximum Gasteiger partial charge on any atom is 0.420 e. The Morgan fingerprint density at radius 3 is 2.15 bits per heavy atom. The molecule has 0 spiro atoms. The van der Waals surface area contributed by atoms with Gasteiger partial charge in [-0.3, -0.25) is 0 Å². The highest BCUT2D eigenvalue weighted by molar-refractivity contribution is 5.44. The van der Waals surface area contributed by atoms with E-state index in [4.69, 9.17) is 4.74 Å². The van der Waals surface area contributed by atoms with E-state index in [1.165, 1.54) is 12.1 Å². The van der Waals surface area contributed by atoms with Crippen LogP contribution in [0.4, 0.5) is 30.7 Å². The maximum absolute atomic E-state index is 16.2. The number of halogens is 7. The Morgan fingerprint density at radius 2 is 1.62 bits per heavy atom. The molecule has 3 fully saturated rings. The topological polar surface area (TPSA) is 93.3 Å². The van der Waals surface area contributed by atoms with E-state index >= 15 is 8.78 Å². The van der Waals surface area contributed by atoms with Crippen molar-refractivity contribution in [3.63, 3.8) is 0 Å². The molecule has 6 rings (SSSR count). The predicted octanol–water partition coefficient (Wildman–Crippen LogP) is 4.29. The fourth-order valence-corrected chi connectivity index (χ4v) is 5.74. The third-order valence-corrected chi connectivity index (χ3v) is 7.97. The summed E-state index contributed by atoms with van der Waals surface area (Å²) in [6.07, 6.45) is -4.07. The molecule has 0 amide bonds. The molecule has 0 aliphatic heterocycles. The van der Waals surface area contributed by atoms with Gasteiger partial charge in [-0.2, -0.15) is 13.2 Å². The van der Waals surface area contributed by atoms with Crippen LogP contribution in [0.5, 0.6) is 5.75 Å². The molecule has 2 N–H and O–H groups in total.